The maximum Gasteiger partial charge on any atom is 0.0701 e. The number of likely N-dealkylation sites (N-methyl/N-ethyl adjacent to an activating group) is 1. The molecule has 96 valence electrons. The van der Waals surface area contributed by atoms with E-state index >= 15 is 0 Å². The van der Waals surface area contributed by atoms with Crippen LogP contribution < -0.4 is 5.32 Å². The van der Waals surface area contributed by atoms with Crippen LogP contribution in [-0.4, -0.2) is 25.3 Å². The van der Waals surface area contributed by atoms with Gasteiger partial charge in [0.25, 0.3) is 0 Å². The monoisotopic (exact) mass is 317 g/mol. The minimum atomic E-state index is 0.391. The van der Waals surface area contributed by atoms with Gasteiger partial charge in [0.2, 0.25) is 0 Å². The lowest BCUT2D eigenvalue weighted by atomic mass is 9.91. The minimum absolute atomic E-state index is 0.391. The molecule has 1 N–H and O–H groups in total. The zero-order valence-corrected chi connectivity index (χ0v) is 12.8. The van der Waals surface area contributed by atoms with Crippen LogP contribution in [0.4, 0.5) is 0 Å². The topological polar surface area (TPSA) is 21.3 Å². The smallest absolute Gasteiger partial charge is 0.0701 e. The predicted molar refractivity (Wildman–Crippen MR) is 76.7 cm³/mol. The summed E-state index contributed by atoms with van der Waals surface area (Å²) in [6, 6.07) is 4.90. The van der Waals surface area contributed by atoms with E-state index in [1.165, 1.54) is 15.1 Å². The second-order valence-corrected chi connectivity index (χ2v) is 7.15. The van der Waals surface area contributed by atoms with Crippen LogP contribution in [0.2, 0.25) is 0 Å². The van der Waals surface area contributed by atoms with Gasteiger partial charge in [0, 0.05) is 23.4 Å². The number of ether oxygens (including phenoxy) is 1. The van der Waals surface area contributed by atoms with Crippen molar-refractivity contribution >= 4 is 27.3 Å². The van der Waals surface area contributed by atoms with Gasteiger partial charge in [-0.1, -0.05) is 6.92 Å². The van der Waals surface area contributed by atoms with Gasteiger partial charge in [0.15, 0.2) is 0 Å². The zero-order chi connectivity index (χ0) is 12.3. The molecule has 1 aliphatic heterocycles. The third-order valence-corrected chi connectivity index (χ3v) is 5.11. The summed E-state index contributed by atoms with van der Waals surface area (Å²) in [5.41, 5.74) is 0. The van der Waals surface area contributed by atoms with E-state index in [1.807, 2.05) is 11.3 Å². The molecule has 0 saturated carbocycles. The second kappa shape index (κ2) is 6.32. The molecule has 2 nitrogen and oxygen atoms in total. The van der Waals surface area contributed by atoms with Crippen LogP contribution >= 0.6 is 27.3 Å². The van der Waals surface area contributed by atoms with E-state index in [2.05, 4.69) is 47.2 Å². The first kappa shape index (κ1) is 13.5. The van der Waals surface area contributed by atoms with Crippen LogP contribution in [0.25, 0.3) is 0 Å². The molecule has 0 radical (unpaired) electrons. The standard InChI is InChI=1S/C13H20BrNOS/c1-3-15-12(11-6-7-16-9(11)2)8-10-4-5-13(14)17-10/h4-5,9,11-12,15H,3,6-8H2,1-2H3. The van der Waals surface area contributed by atoms with Gasteiger partial charge in [0.1, 0.15) is 0 Å². The molecular weight excluding hydrogens is 298 g/mol. The average Bonchev–Trinajstić information content (AvgIpc) is 2.87. The maximum absolute atomic E-state index is 5.69. The van der Waals surface area contributed by atoms with Gasteiger partial charge in [-0.25, -0.2) is 0 Å². The summed E-state index contributed by atoms with van der Waals surface area (Å²) in [5.74, 6) is 0.649. The third kappa shape index (κ3) is 3.53. The van der Waals surface area contributed by atoms with Gasteiger partial charge in [-0.15, -0.1) is 11.3 Å². The van der Waals surface area contributed by atoms with E-state index in [1.54, 1.807) is 0 Å². The Bertz CT molecular complexity index is 355. The first-order chi connectivity index (χ1) is 8.20. The van der Waals surface area contributed by atoms with Crippen molar-refractivity contribution in [3.05, 3.63) is 20.8 Å². The molecule has 0 spiro atoms. The van der Waals surface area contributed by atoms with Crippen LogP contribution in [0.3, 0.4) is 0 Å². The fourth-order valence-electron chi connectivity index (χ4n) is 2.59. The molecule has 3 atom stereocenters. The highest BCUT2D eigenvalue weighted by Crippen LogP contribution is 2.29. The first-order valence-electron chi connectivity index (χ1n) is 6.30. The molecule has 0 aromatic carbocycles. The Hall–Kier alpha value is 0.1000. The van der Waals surface area contributed by atoms with Crippen LogP contribution in [0.1, 0.15) is 25.1 Å². The normalized spacial score (nSPS) is 26.3. The van der Waals surface area contributed by atoms with Gasteiger partial charge >= 0.3 is 0 Å². The van der Waals surface area contributed by atoms with Gasteiger partial charge in [-0.3, -0.25) is 0 Å². The number of nitrogens with one attached hydrogen (secondary N) is 1. The number of hydrogen-bond acceptors (Lipinski definition) is 3. The van der Waals surface area contributed by atoms with Crippen molar-refractivity contribution in [1.82, 2.24) is 5.32 Å². The largest absolute Gasteiger partial charge is 0.378 e. The van der Waals surface area contributed by atoms with Crippen molar-refractivity contribution in [2.75, 3.05) is 13.2 Å². The molecule has 2 heterocycles. The lowest BCUT2D eigenvalue weighted by Crippen LogP contribution is -2.40. The molecule has 1 aromatic heterocycles. The SMILES string of the molecule is CCNC(Cc1ccc(Br)s1)C1CCOC1C. The fraction of sp³-hybridized carbons (Fsp3) is 0.692. The van der Waals surface area contributed by atoms with Crippen molar-refractivity contribution < 1.29 is 4.74 Å². The van der Waals surface area contributed by atoms with E-state index in [0.29, 0.717) is 18.1 Å². The number of thiophene rings is 1. The molecule has 1 aromatic rings. The zero-order valence-electron chi connectivity index (χ0n) is 10.4. The van der Waals surface area contributed by atoms with Crippen LogP contribution in [0.15, 0.2) is 15.9 Å². The Morgan fingerprint density at radius 1 is 1.59 bits per heavy atom. The summed E-state index contributed by atoms with van der Waals surface area (Å²) in [4.78, 5) is 1.45. The molecule has 4 heteroatoms. The predicted octanol–water partition coefficient (Wildman–Crippen LogP) is 3.46. The number of rotatable bonds is 5. The van der Waals surface area contributed by atoms with Crippen molar-refractivity contribution in [2.45, 2.75) is 38.8 Å². The van der Waals surface area contributed by atoms with Crippen LogP contribution in [-0.2, 0) is 11.2 Å². The molecule has 0 aliphatic carbocycles. The van der Waals surface area contributed by atoms with Gasteiger partial charge < -0.3 is 10.1 Å². The lowest BCUT2D eigenvalue weighted by Gasteiger charge is -2.26. The van der Waals surface area contributed by atoms with E-state index in [0.717, 1.165) is 19.6 Å². The lowest BCUT2D eigenvalue weighted by molar-refractivity contribution is 0.0957. The summed E-state index contributed by atoms with van der Waals surface area (Å²) in [6.45, 7) is 6.33. The fourth-order valence-corrected chi connectivity index (χ4v) is 4.13. The van der Waals surface area contributed by atoms with Crippen molar-refractivity contribution in [3.8, 4) is 0 Å². The summed E-state index contributed by atoms with van der Waals surface area (Å²) >= 11 is 5.37. The molecule has 1 saturated heterocycles. The third-order valence-electron chi connectivity index (χ3n) is 3.47. The minimum Gasteiger partial charge on any atom is -0.378 e. The summed E-state index contributed by atoms with van der Waals surface area (Å²) in [6.07, 6.45) is 2.69. The highest BCUT2D eigenvalue weighted by Gasteiger charge is 2.31. The highest BCUT2D eigenvalue weighted by atomic mass is 79.9. The number of halogens is 1. The summed E-state index contributed by atoms with van der Waals surface area (Å²) in [7, 11) is 0. The first-order valence-corrected chi connectivity index (χ1v) is 7.91. The molecule has 1 fully saturated rings. The van der Waals surface area contributed by atoms with E-state index in [9.17, 15) is 0 Å². The van der Waals surface area contributed by atoms with Crippen molar-refractivity contribution in [3.63, 3.8) is 0 Å². The average molecular weight is 318 g/mol. The molecule has 0 bridgehead atoms. The van der Waals surface area contributed by atoms with Crippen molar-refractivity contribution in [1.29, 1.82) is 0 Å². The Morgan fingerprint density at radius 3 is 2.94 bits per heavy atom. The van der Waals surface area contributed by atoms with Crippen LogP contribution in [0, 0.1) is 5.92 Å². The van der Waals surface area contributed by atoms with Gasteiger partial charge in [-0.05, 0) is 54.4 Å². The summed E-state index contributed by atoms with van der Waals surface area (Å²) in [5, 5.41) is 3.62. The van der Waals surface area contributed by atoms with Gasteiger partial charge in [0.05, 0.1) is 9.89 Å². The molecular formula is C13H20BrNOS. The highest BCUT2D eigenvalue weighted by molar-refractivity contribution is 9.11. The Labute approximate surface area is 116 Å². The molecule has 17 heavy (non-hydrogen) atoms. The molecule has 1 aliphatic rings. The Balaban J connectivity index is 2.01. The van der Waals surface area contributed by atoms with E-state index < -0.39 is 0 Å². The van der Waals surface area contributed by atoms with Crippen molar-refractivity contribution in [2.24, 2.45) is 5.92 Å². The second-order valence-electron chi connectivity index (χ2n) is 4.60. The molecule has 0 amide bonds. The summed E-state index contributed by atoms with van der Waals surface area (Å²) < 4.78 is 6.91. The number of hydrogen-bond donors (Lipinski definition) is 1. The molecule has 2 rings (SSSR count). The van der Waals surface area contributed by atoms with E-state index in [-0.39, 0.29) is 0 Å². The van der Waals surface area contributed by atoms with Gasteiger partial charge in [-0.2, -0.15) is 0 Å². The maximum atomic E-state index is 5.69. The Kier molecular flexibility index (Phi) is 5.03. The Morgan fingerprint density at radius 2 is 2.41 bits per heavy atom. The quantitative estimate of drug-likeness (QED) is 0.898. The van der Waals surface area contributed by atoms with Crippen LogP contribution in [0.5, 0.6) is 0 Å². The van der Waals surface area contributed by atoms with E-state index in [4.69, 9.17) is 4.74 Å². The molecule has 3 unspecified atom stereocenters.